The molecule has 3 rings (SSSR count). The van der Waals surface area contributed by atoms with E-state index in [1.807, 2.05) is 0 Å². The first-order valence-corrected chi connectivity index (χ1v) is 8.83. The highest BCUT2D eigenvalue weighted by atomic mass is 16.1. The summed E-state index contributed by atoms with van der Waals surface area (Å²) in [5.41, 5.74) is 8.57. The highest BCUT2D eigenvalue weighted by Gasteiger charge is 2.25. The van der Waals surface area contributed by atoms with Crippen LogP contribution in [0.15, 0.2) is 24.3 Å². The summed E-state index contributed by atoms with van der Waals surface area (Å²) in [6, 6.07) is 9.00. The Balaban J connectivity index is 1.53. The fraction of sp³-hybridized carbons (Fsp3) is 0.632. The molecule has 3 heteroatoms. The Morgan fingerprint density at radius 2 is 1.91 bits per heavy atom. The van der Waals surface area contributed by atoms with Crippen LogP contribution in [0.5, 0.6) is 0 Å². The van der Waals surface area contributed by atoms with Crippen LogP contribution < -0.4 is 11.1 Å². The van der Waals surface area contributed by atoms with Crippen LogP contribution in [-0.4, -0.2) is 18.5 Å². The van der Waals surface area contributed by atoms with Gasteiger partial charge in [0.2, 0.25) is 5.91 Å². The van der Waals surface area contributed by atoms with Crippen molar-refractivity contribution in [2.45, 2.75) is 63.3 Å². The van der Waals surface area contributed by atoms with Gasteiger partial charge >= 0.3 is 0 Å². The van der Waals surface area contributed by atoms with Crippen molar-refractivity contribution in [2.24, 2.45) is 11.7 Å². The van der Waals surface area contributed by atoms with Crippen LogP contribution >= 0.6 is 0 Å². The minimum Gasteiger partial charge on any atom is -0.353 e. The third kappa shape index (κ3) is 3.70. The molecule has 0 heterocycles. The highest BCUT2D eigenvalue weighted by Crippen LogP contribution is 2.34. The van der Waals surface area contributed by atoms with Gasteiger partial charge in [-0.3, -0.25) is 4.79 Å². The van der Waals surface area contributed by atoms with Crippen LogP contribution in [0.3, 0.4) is 0 Å². The van der Waals surface area contributed by atoms with E-state index in [2.05, 4.69) is 29.6 Å². The molecule has 0 radical (unpaired) electrons. The molecule has 1 aromatic rings. The number of carbonyl (C=O) groups is 1. The zero-order chi connectivity index (χ0) is 15.4. The van der Waals surface area contributed by atoms with Crippen LogP contribution in [-0.2, 0) is 11.2 Å². The number of benzene rings is 1. The van der Waals surface area contributed by atoms with Crippen molar-refractivity contribution in [1.82, 2.24) is 5.32 Å². The summed E-state index contributed by atoms with van der Waals surface area (Å²) < 4.78 is 0. The summed E-state index contributed by atoms with van der Waals surface area (Å²) in [6.07, 6.45) is 8.66. The predicted molar refractivity (Wildman–Crippen MR) is 89.7 cm³/mol. The SMILES string of the molecule is NCC1CCC(NC(=O)C[C@H]2CCCc3ccccc32)CC1. The van der Waals surface area contributed by atoms with Crippen LogP contribution in [0.1, 0.15) is 62.0 Å². The molecule has 22 heavy (non-hydrogen) atoms. The van der Waals surface area contributed by atoms with Crippen LogP contribution in [0.25, 0.3) is 0 Å². The Labute approximate surface area is 133 Å². The van der Waals surface area contributed by atoms with Gasteiger partial charge in [0.05, 0.1) is 0 Å². The monoisotopic (exact) mass is 300 g/mol. The quantitative estimate of drug-likeness (QED) is 0.897. The van der Waals surface area contributed by atoms with Gasteiger partial charge in [0.1, 0.15) is 0 Å². The molecule has 2 aliphatic rings. The van der Waals surface area contributed by atoms with Gasteiger partial charge in [-0.25, -0.2) is 0 Å². The van der Waals surface area contributed by atoms with Gasteiger partial charge in [0.25, 0.3) is 0 Å². The van der Waals surface area contributed by atoms with Crippen molar-refractivity contribution in [1.29, 1.82) is 0 Å². The Morgan fingerprint density at radius 3 is 2.68 bits per heavy atom. The van der Waals surface area contributed by atoms with E-state index >= 15 is 0 Å². The van der Waals surface area contributed by atoms with Crippen molar-refractivity contribution in [3.63, 3.8) is 0 Å². The largest absolute Gasteiger partial charge is 0.353 e. The second kappa shape index (κ2) is 7.28. The van der Waals surface area contributed by atoms with Crippen LogP contribution in [0, 0.1) is 5.92 Å². The van der Waals surface area contributed by atoms with Gasteiger partial charge in [0.15, 0.2) is 0 Å². The molecule has 0 unspecified atom stereocenters. The molecule has 1 aromatic carbocycles. The van der Waals surface area contributed by atoms with E-state index in [9.17, 15) is 4.79 Å². The molecule has 3 nitrogen and oxygen atoms in total. The average molecular weight is 300 g/mol. The molecule has 1 saturated carbocycles. The smallest absolute Gasteiger partial charge is 0.220 e. The maximum atomic E-state index is 12.4. The summed E-state index contributed by atoms with van der Waals surface area (Å²) in [5, 5.41) is 3.26. The molecule has 1 atom stereocenters. The molecule has 0 spiro atoms. The Bertz CT molecular complexity index is 506. The standard InChI is InChI=1S/C19H28N2O/c20-13-14-8-10-17(11-9-14)21-19(22)12-16-6-3-5-15-4-1-2-7-18(15)16/h1-2,4,7,14,16-17H,3,5-6,8-13,20H2,(H,21,22)/t14?,16-,17?/m1/s1. The first-order valence-electron chi connectivity index (χ1n) is 8.83. The minimum atomic E-state index is 0.234. The molecule has 0 bridgehead atoms. The lowest BCUT2D eigenvalue weighted by Gasteiger charge is -2.30. The maximum Gasteiger partial charge on any atom is 0.220 e. The summed E-state index contributed by atoms with van der Waals surface area (Å²) >= 11 is 0. The number of carbonyl (C=O) groups excluding carboxylic acids is 1. The fourth-order valence-electron chi connectivity index (χ4n) is 4.12. The van der Waals surface area contributed by atoms with Crippen LogP contribution in [0.2, 0.25) is 0 Å². The first-order chi connectivity index (χ1) is 10.8. The minimum absolute atomic E-state index is 0.234. The van der Waals surface area contributed by atoms with E-state index in [1.54, 1.807) is 0 Å². The molecule has 0 aliphatic heterocycles. The normalized spacial score (nSPS) is 28.0. The summed E-state index contributed by atoms with van der Waals surface area (Å²) in [6.45, 7) is 0.791. The van der Waals surface area contributed by atoms with Gasteiger partial charge in [-0.2, -0.15) is 0 Å². The van der Waals surface area contributed by atoms with Gasteiger partial charge in [-0.15, -0.1) is 0 Å². The highest BCUT2D eigenvalue weighted by molar-refractivity contribution is 5.77. The lowest BCUT2D eigenvalue weighted by atomic mass is 9.80. The van der Waals surface area contributed by atoms with Gasteiger partial charge in [-0.05, 0) is 74.5 Å². The average Bonchev–Trinajstić information content (AvgIpc) is 2.56. The van der Waals surface area contributed by atoms with Crippen molar-refractivity contribution in [3.8, 4) is 0 Å². The Morgan fingerprint density at radius 1 is 1.14 bits per heavy atom. The Kier molecular flexibility index (Phi) is 5.14. The summed E-state index contributed by atoms with van der Waals surface area (Å²) in [5.74, 6) is 1.31. The van der Waals surface area contributed by atoms with Crippen molar-refractivity contribution in [2.75, 3.05) is 6.54 Å². The van der Waals surface area contributed by atoms with E-state index in [0.29, 0.717) is 24.3 Å². The van der Waals surface area contributed by atoms with E-state index in [4.69, 9.17) is 5.73 Å². The van der Waals surface area contributed by atoms with E-state index < -0.39 is 0 Å². The molecule has 3 N–H and O–H groups in total. The zero-order valence-electron chi connectivity index (χ0n) is 13.4. The molecule has 2 aliphatic carbocycles. The third-order valence-electron chi connectivity index (χ3n) is 5.47. The molecule has 0 saturated heterocycles. The molecular formula is C19H28N2O. The second-order valence-corrected chi connectivity index (χ2v) is 7.01. The topological polar surface area (TPSA) is 55.1 Å². The van der Waals surface area contributed by atoms with Crippen molar-refractivity contribution < 1.29 is 4.79 Å². The number of rotatable bonds is 4. The van der Waals surface area contributed by atoms with Gasteiger partial charge in [0, 0.05) is 12.5 Å². The summed E-state index contributed by atoms with van der Waals surface area (Å²) in [7, 11) is 0. The number of hydrogen-bond donors (Lipinski definition) is 2. The zero-order valence-corrected chi connectivity index (χ0v) is 13.4. The molecule has 1 fully saturated rings. The second-order valence-electron chi connectivity index (χ2n) is 7.01. The third-order valence-corrected chi connectivity index (χ3v) is 5.47. The van der Waals surface area contributed by atoms with Gasteiger partial charge in [-0.1, -0.05) is 24.3 Å². The number of hydrogen-bond acceptors (Lipinski definition) is 2. The lowest BCUT2D eigenvalue weighted by Crippen LogP contribution is -2.39. The molecule has 120 valence electrons. The molecule has 1 amide bonds. The van der Waals surface area contributed by atoms with E-state index in [-0.39, 0.29) is 5.91 Å². The first kappa shape index (κ1) is 15.5. The maximum absolute atomic E-state index is 12.4. The van der Waals surface area contributed by atoms with Crippen LogP contribution in [0.4, 0.5) is 0 Å². The predicted octanol–water partition coefficient (Wildman–Crippen LogP) is 3.13. The fourth-order valence-corrected chi connectivity index (χ4v) is 4.12. The van der Waals surface area contributed by atoms with Crippen molar-refractivity contribution in [3.05, 3.63) is 35.4 Å². The number of amides is 1. The van der Waals surface area contributed by atoms with Crippen molar-refractivity contribution >= 4 is 5.91 Å². The number of aryl methyl sites for hydroxylation is 1. The Hall–Kier alpha value is -1.35. The number of fused-ring (bicyclic) bond motifs is 1. The van der Waals surface area contributed by atoms with E-state index in [1.165, 1.54) is 17.5 Å². The molecular weight excluding hydrogens is 272 g/mol. The number of nitrogens with two attached hydrogens (primary N) is 1. The molecule has 0 aromatic heterocycles. The van der Waals surface area contributed by atoms with Gasteiger partial charge < -0.3 is 11.1 Å². The lowest BCUT2D eigenvalue weighted by molar-refractivity contribution is -0.122. The number of nitrogens with one attached hydrogen (secondary N) is 1. The summed E-state index contributed by atoms with van der Waals surface area (Å²) in [4.78, 5) is 12.4. The van der Waals surface area contributed by atoms with E-state index in [0.717, 1.165) is 45.1 Å².